The highest BCUT2D eigenvalue weighted by atomic mass is 35.5. The average molecular weight is 290 g/mol. The lowest BCUT2D eigenvalue weighted by Crippen LogP contribution is -2.06. The van der Waals surface area contributed by atoms with E-state index in [1.807, 2.05) is 18.2 Å². The molecule has 2 nitrogen and oxygen atoms in total. The Morgan fingerprint density at radius 3 is 2.45 bits per heavy atom. The minimum atomic E-state index is 0.229. The van der Waals surface area contributed by atoms with Gasteiger partial charge < -0.3 is 10.1 Å². The number of benzene rings is 2. The number of hydrogen-bond donors (Lipinski definition) is 1. The van der Waals surface area contributed by atoms with Gasteiger partial charge in [-0.25, -0.2) is 0 Å². The predicted molar refractivity (Wildman–Crippen MR) is 85.9 cm³/mol. The third kappa shape index (κ3) is 3.45. The van der Waals surface area contributed by atoms with E-state index in [0.717, 1.165) is 12.1 Å². The van der Waals surface area contributed by atoms with Gasteiger partial charge in [-0.2, -0.15) is 0 Å². The van der Waals surface area contributed by atoms with Crippen molar-refractivity contribution in [3.63, 3.8) is 0 Å². The highest BCUT2D eigenvalue weighted by molar-refractivity contribution is 6.32. The Morgan fingerprint density at radius 1 is 1.15 bits per heavy atom. The summed E-state index contributed by atoms with van der Waals surface area (Å²) in [4.78, 5) is 0. The van der Waals surface area contributed by atoms with Crippen LogP contribution in [0.15, 0.2) is 42.5 Å². The van der Waals surface area contributed by atoms with Crippen LogP contribution in [0.5, 0.6) is 5.75 Å². The maximum atomic E-state index is 6.03. The van der Waals surface area contributed by atoms with Gasteiger partial charge in [0, 0.05) is 17.8 Å². The zero-order chi connectivity index (χ0) is 14.5. The van der Waals surface area contributed by atoms with Gasteiger partial charge in [0.25, 0.3) is 0 Å². The summed E-state index contributed by atoms with van der Waals surface area (Å²) in [5, 5.41) is 4.08. The van der Waals surface area contributed by atoms with Crippen molar-refractivity contribution in [2.45, 2.75) is 26.3 Å². The summed E-state index contributed by atoms with van der Waals surface area (Å²) in [6.45, 7) is 4.30. The highest BCUT2D eigenvalue weighted by Crippen LogP contribution is 2.29. The van der Waals surface area contributed by atoms with Crippen LogP contribution in [0.1, 0.15) is 31.0 Å². The molecule has 0 aliphatic rings. The molecule has 1 N–H and O–H groups in total. The molecule has 1 atom stereocenters. The first kappa shape index (κ1) is 14.7. The maximum absolute atomic E-state index is 6.03. The van der Waals surface area contributed by atoms with Crippen molar-refractivity contribution < 1.29 is 4.74 Å². The van der Waals surface area contributed by atoms with Gasteiger partial charge in [0.1, 0.15) is 5.75 Å². The van der Waals surface area contributed by atoms with Crippen LogP contribution in [0, 0.1) is 0 Å². The monoisotopic (exact) mass is 289 g/mol. The summed E-state index contributed by atoms with van der Waals surface area (Å²) in [6.07, 6.45) is 1.07. The molecule has 3 heteroatoms. The van der Waals surface area contributed by atoms with Gasteiger partial charge in [-0.3, -0.25) is 0 Å². The minimum Gasteiger partial charge on any atom is -0.495 e. The molecule has 0 aromatic heterocycles. The van der Waals surface area contributed by atoms with Crippen LogP contribution in [-0.2, 0) is 6.42 Å². The molecule has 2 rings (SSSR count). The molecule has 0 aliphatic carbocycles. The second-order valence-electron chi connectivity index (χ2n) is 4.81. The van der Waals surface area contributed by atoms with Crippen molar-refractivity contribution in [3.8, 4) is 5.75 Å². The first-order valence-electron chi connectivity index (χ1n) is 6.83. The molecule has 0 amide bonds. The van der Waals surface area contributed by atoms with E-state index in [0.29, 0.717) is 10.8 Å². The second kappa shape index (κ2) is 6.67. The Kier molecular flexibility index (Phi) is 4.91. The summed E-state index contributed by atoms with van der Waals surface area (Å²) in [5.41, 5.74) is 3.61. The molecule has 0 saturated carbocycles. The number of ether oxygens (including phenoxy) is 1. The lowest BCUT2D eigenvalue weighted by atomic mass is 10.0. The number of rotatable bonds is 5. The lowest BCUT2D eigenvalue weighted by molar-refractivity contribution is 0.415. The fraction of sp³-hybridized carbons (Fsp3) is 0.294. The Bertz CT molecular complexity index is 566. The van der Waals surface area contributed by atoms with Crippen LogP contribution in [0.2, 0.25) is 5.02 Å². The standard InChI is InChI=1S/C17H20ClNO/c1-4-13-5-7-14(8-6-13)12(2)19-15-9-10-16(18)17(11-15)20-3/h5-12,19H,4H2,1-3H3. The van der Waals surface area contributed by atoms with Gasteiger partial charge in [-0.1, -0.05) is 42.8 Å². The summed E-state index contributed by atoms with van der Waals surface area (Å²) in [7, 11) is 1.62. The Balaban J connectivity index is 2.12. The van der Waals surface area contributed by atoms with E-state index in [9.17, 15) is 0 Å². The molecule has 0 saturated heterocycles. The number of hydrogen-bond acceptors (Lipinski definition) is 2. The summed E-state index contributed by atoms with van der Waals surface area (Å²) >= 11 is 6.03. The van der Waals surface area contributed by atoms with E-state index in [2.05, 4.69) is 43.4 Å². The maximum Gasteiger partial charge on any atom is 0.139 e. The van der Waals surface area contributed by atoms with E-state index in [1.165, 1.54) is 11.1 Å². The van der Waals surface area contributed by atoms with E-state index in [1.54, 1.807) is 7.11 Å². The molecule has 2 aromatic rings. The molecular weight excluding hydrogens is 270 g/mol. The SMILES string of the molecule is CCc1ccc(C(C)Nc2ccc(Cl)c(OC)c2)cc1. The molecule has 20 heavy (non-hydrogen) atoms. The molecule has 0 spiro atoms. The largest absolute Gasteiger partial charge is 0.495 e. The molecule has 0 radical (unpaired) electrons. The van der Waals surface area contributed by atoms with Crippen LogP contribution in [-0.4, -0.2) is 7.11 Å². The molecule has 0 aliphatic heterocycles. The highest BCUT2D eigenvalue weighted by Gasteiger charge is 2.07. The molecule has 1 unspecified atom stereocenters. The molecule has 0 bridgehead atoms. The first-order valence-corrected chi connectivity index (χ1v) is 7.20. The molecule has 0 fully saturated rings. The number of anilines is 1. The normalized spacial score (nSPS) is 12.0. The third-order valence-electron chi connectivity index (χ3n) is 3.42. The van der Waals surface area contributed by atoms with Crippen molar-refractivity contribution in [2.75, 3.05) is 12.4 Å². The van der Waals surface area contributed by atoms with Crippen molar-refractivity contribution in [1.29, 1.82) is 0 Å². The number of methoxy groups -OCH3 is 1. The van der Waals surface area contributed by atoms with Gasteiger partial charge in [-0.05, 0) is 36.6 Å². The quantitative estimate of drug-likeness (QED) is 0.828. The number of halogens is 1. The lowest BCUT2D eigenvalue weighted by Gasteiger charge is -2.17. The van der Waals surface area contributed by atoms with E-state index in [-0.39, 0.29) is 6.04 Å². The molecule has 2 aromatic carbocycles. The van der Waals surface area contributed by atoms with Crippen LogP contribution in [0.4, 0.5) is 5.69 Å². The van der Waals surface area contributed by atoms with Crippen molar-refractivity contribution in [3.05, 3.63) is 58.6 Å². The molecular formula is C17H20ClNO. The van der Waals surface area contributed by atoms with Crippen molar-refractivity contribution in [1.82, 2.24) is 0 Å². The Labute approximate surface area is 125 Å². The average Bonchev–Trinajstić information content (AvgIpc) is 2.49. The smallest absolute Gasteiger partial charge is 0.139 e. The zero-order valence-electron chi connectivity index (χ0n) is 12.1. The van der Waals surface area contributed by atoms with Crippen molar-refractivity contribution in [2.24, 2.45) is 0 Å². The van der Waals surface area contributed by atoms with Crippen LogP contribution in [0.3, 0.4) is 0 Å². The summed E-state index contributed by atoms with van der Waals surface area (Å²) < 4.78 is 5.23. The van der Waals surface area contributed by atoms with Gasteiger partial charge in [0.05, 0.1) is 12.1 Å². The van der Waals surface area contributed by atoms with E-state index >= 15 is 0 Å². The Hall–Kier alpha value is -1.67. The van der Waals surface area contributed by atoms with Gasteiger partial charge in [0.15, 0.2) is 0 Å². The topological polar surface area (TPSA) is 21.3 Å². The number of nitrogens with one attached hydrogen (secondary N) is 1. The fourth-order valence-corrected chi connectivity index (χ4v) is 2.32. The van der Waals surface area contributed by atoms with Gasteiger partial charge in [0.2, 0.25) is 0 Å². The van der Waals surface area contributed by atoms with E-state index < -0.39 is 0 Å². The van der Waals surface area contributed by atoms with E-state index in [4.69, 9.17) is 16.3 Å². The summed E-state index contributed by atoms with van der Waals surface area (Å²) in [5.74, 6) is 0.685. The minimum absolute atomic E-state index is 0.229. The fourth-order valence-electron chi connectivity index (χ4n) is 2.12. The second-order valence-corrected chi connectivity index (χ2v) is 5.22. The van der Waals surface area contributed by atoms with Gasteiger partial charge in [-0.15, -0.1) is 0 Å². The third-order valence-corrected chi connectivity index (χ3v) is 3.73. The summed E-state index contributed by atoms with van der Waals surface area (Å²) in [6, 6.07) is 14.6. The molecule has 106 valence electrons. The zero-order valence-corrected chi connectivity index (χ0v) is 12.9. The van der Waals surface area contributed by atoms with Crippen LogP contribution in [0.25, 0.3) is 0 Å². The molecule has 0 heterocycles. The van der Waals surface area contributed by atoms with Crippen molar-refractivity contribution >= 4 is 17.3 Å². The van der Waals surface area contributed by atoms with Crippen LogP contribution < -0.4 is 10.1 Å². The predicted octanol–water partition coefficient (Wildman–Crippen LogP) is 5.08. The number of aryl methyl sites for hydroxylation is 1. The van der Waals surface area contributed by atoms with Crippen LogP contribution >= 0.6 is 11.6 Å². The Morgan fingerprint density at radius 2 is 1.85 bits per heavy atom. The van der Waals surface area contributed by atoms with Gasteiger partial charge >= 0.3 is 0 Å². The first-order chi connectivity index (χ1) is 9.63.